The smallest absolute Gasteiger partial charge is 0.268 e. The Morgan fingerprint density at radius 2 is 2.00 bits per heavy atom. The van der Waals surface area contributed by atoms with Crippen molar-refractivity contribution in [1.29, 1.82) is 0 Å². The third-order valence-corrected chi connectivity index (χ3v) is 4.82. The topological polar surface area (TPSA) is 65.2 Å². The zero-order valence-corrected chi connectivity index (χ0v) is 14.9. The van der Waals surface area contributed by atoms with Crippen LogP contribution in [0.5, 0.6) is 0 Å². The number of H-pyrrole nitrogens is 1. The molecule has 1 heterocycles. The molecule has 1 aromatic carbocycles. The maximum atomic E-state index is 12.4. The Hall–Kier alpha value is -2.56. The maximum Gasteiger partial charge on any atom is 0.268 e. The Bertz CT molecular complexity index is 765. The molecule has 0 radical (unpaired) electrons. The third kappa shape index (κ3) is 3.76. The number of Topliss-reactive ketones (excluding diaryl/α,β-unsaturated/α-hetero) is 1. The molecule has 2 N–H and O–H groups in total. The van der Waals surface area contributed by atoms with E-state index in [4.69, 9.17) is 0 Å². The van der Waals surface area contributed by atoms with Gasteiger partial charge in [-0.25, -0.2) is 0 Å². The first-order chi connectivity index (χ1) is 12.1. The van der Waals surface area contributed by atoms with Crippen molar-refractivity contribution in [3.05, 3.63) is 52.8 Å². The van der Waals surface area contributed by atoms with Crippen LogP contribution in [0.1, 0.15) is 51.4 Å². The first kappa shape index (κ1) is 17.3. The number of carbonyl (C=O) groups excluding carboxylic acids is 2. The van der Waals surface area contributed by atoms with Crippen molar-refractivity contribution in [2.24, 2.45) is 0 Å². The minimum Gasteiger partial charge on any atom is -0.375 e. The SMILES string of the molecule is Cc1c(C(=O)NCCCN(C)c2ccccc2)[nH]c2c1C(=O)CCC2. The number of nitrogens with zero attached hydrogens (tertiary/aromatic N) is 1. The van der Waals surface area contributed by atoms with Crippen LogP contribution in [0, 0.1) is 6.92 Å². The average molecular weight is 339 g/mol. The second-order valence-corrected chi connectivity index (χ2v) is 6.62. The van der Waals surface area contributed by atoms with Gasteiger partial charge in [-0.1, -0.05) is 18.2 Å². The van der Waals surface area contributed by atoms with Gasteiger partial charge in [-0.2, -0.15) is 0 Å². The highest BCUT2D eigenvalue weighted by Crippen LogP contribution is 2.26. The van der Waals surface area contributed by atoms with Crippen molar-refractivity contribution in [2.75, 3.05) is 25.0 Å². The monoisotopic (exact) mass is 339 g/mol. The molecule has 1 aliphatic carbocycles. The van der Waals surface area contributed by atoms with Gasteiger partial charge in [-0.3, -0.25) is 9.59 Å². The first-order valence-electron chi connectivity index (χ1n) is 8.87. The molecule has 25 heavy (non-hydrogen) atoms. The molecule has 0 bridgehead atoms. The largest absolute Gasteiger partial charge is 0.375 e. The van der Waals surface area contributed by atoms with Crippen LogP contribution < -0.4 is 10.2 Å². The molecule has 5 nitrogen and oxygen atoms in total. The molecule has 0 fully saturated rings. The van der Waals surface area contributed by atoms with E-state index in [9.17, 15) is 9.59 Å². The van der Waals surface area contributed by atoms with Gasteiger partial charge in [0, 0.05) is 43.5 Å². The summed E-state index contributed by atoms with van der Waals surface area (Å²) in [6.45, 7) is 3.33. The van der Waals surface area contributed by atoms with E-state index >= 15 is 0 Å². The summed E-state index contributed by atoms with van der Waals surface area (Å²) in [4.78, 5) is 29.8. The van der Waals surface area contributed by atoms with Gasteiger partial charge in [0.2, 0.25) is 0 Å². The molecule has 1 aliphatic rings. The number of aryl methyl sites for hydroxylation is 1. The van der Waals surface area contributed by atoms with E-state index in [0.717, 1.165) is 42.6 Å². The fourth-order valence-corrected chi connectivity index (χ4v) is 3.42. The number of hydrogen-bond donors (Lipinski definition) is 2. The lowest BCUT2D eigenvalue weighted by atomic mass is 9.94. The molecule has 1 amide bonds. The Morgan fingerprint density at radius 3 is 2.72 bits per heavy atom. The Balaban J connectivity index is 1.53. The molecule has 3 rings (SSSR count). The van der Waals surface area contributed by atoms with Crippen LogP contribution in [0.3, 0.4) is 0 Å². The second kappa shape index (κ2) is 7.55. The predicted octanol–water partition coefficient (Wildman–Crippen LogP) is 3.10. The number of anilines is 1. The van der Waals surface area contributed by atoms with Crippen molar-refractivity contribution in [3.8, 4) is 0 Å². The summed E-state index contributed by atoms with van der Waals surface area (Å²) in [6.07, 6.45) is 3.14. The number of carbonyl (C=O) groups is 2. The molecule has 1 aromatic heterocycles. The number of aromatic nitrogens is 1. The lowest BCUT2D eigenvalue weighted by Gasteiger charge is -2.19. The molecule has 132 valence electrons. The minimum atomic E-state index is -0.123. The van der Waals surface area contributed by atoms with Crippen molar-refractivity contribution in [2.45, 2.75) is 32.6 Å². The molecule has 0 spiro atoms. The highest BCUT2D eigenvalue weighted by Gasteiger charge is 2.26. The van der Waals surface area contributed by atoms with Gasteiger partial charge >= 0.3 is 0 Å². The quantitative estimate of drug-likeness (QED) is 0.795. The summed E-state index contributed by atoms with van der Waals surface area (Å²) in [5, 5.41) is 2.96. The van der Waals surface area contributed by atoms with Crippen LogP contribution in [0.2, 0.25) is 0 Å². The van der Waals surface area contributed by atoms with Crippen LogP contribution in [0.15, 0.2) is 30.3 Å². The molecule has 0 saturated carbocycles. The zero-order chi connectivity index (χ0) is 17.8. The lowest BCUT2D eigenvalue weighted by Crippen LogP contribution is -2.28. The van der Waals surface area contributed by atoms with Gasteiger partial charge in [0.1, 0.15) is 5.69 Å². The fraction of sp³-hybridized carbons (Fsp3) is 0.400. The Morgan fingerprint density at radius 1 is 1.24 bits per heavy atom. The molecule has 0 unspecified atom stereocenters. The van der Waals surface area contributed by atoms with Crippen LogP contribution in [-0.4, -0.2) is 36.8 Å². The second-order valence-electron chi connectivity index (χ2n) is 6.62. The highest BCUT2D eigenvalue weighted by molar-refractivity contribution is 6.04. The number of benzene rings is 1. The van der Waals surface area contributed by atoms with Crippen molar-refractivity contribution in [1.82, 2.24) is 10.3 Å². The number of fused-ring (bicyclic) bond motifs is 1. The van der Waals surface area contributed by atoms with Gasteiger partial charge in [-0.15, -0.1) is 0 Å². The number of nitrogens with one attached hydrogen (secondary N) is 2. The van der Waals surface area contributed by atoms with E-state index in [2.05, 4.69) is 27.3 Å². The predicted molar refractivity (Wildman–Crippen MR) is 99.5 cm³/mol. The van der Waals surface area contributed by atoms with Gasteiger partial charge < -0.3 is 15.2 Å². The molecular weight excluding hydrogens is 314 g/mol. The fourth-order valence-electron chi connectivity index (χ4n) is 3.42. The van der Waals surface area contributed by atoms with E-state index in [-0.39, 0.29) is 11.7 Å². The lowest BCUT2D eigenvalue weighted by molar-refractivity contribution is 0.0947. The Labute approximate surface area is 148 Å². The minimum absolute atomic E-state index is 0.123. The summed E-state index contributed by atoms with van der Waals surface area (Å²) in [5.41, 5.74) is 4.15. The number of hydrogen-bond acceptors (Lipinski definition) is 3. The molecule has 0 aliphatic heterocycles. The highest BCUT2D eigenvalue weighted by atomic mass is 16.2. The number of rotatable bonds is 6. The van der Waals surface area contributed by atoms with Gasteiger partial charge in [-0.05, 0) is 43.9 Å². The molecule has 0 saturated heterocycles. The van der Waals surface area contributed by atoms with E-state index in [1.54, 1.807) is 0 Å². The van der Waals surface area contributed by atoms with Crippen LogP contribution in [-0.2, 0) is 6.42 Å². The van der Waals surface area contributed by atoms with E-state index in [1.807, 2.05) is 32.2 Å². The number of amides is 1. The molecule has 0 atom stereocenters. The number of ketones is 1. The van der Waals surface area contributed by atoms with Crippen molar-refractivity contribution >= 4 is 17.4 Å². The molecular formula is C20H25N3O2. The molecule has 5 heteroatoms. The average Bonchev–Trinajstić information content (AvgIpc) is 2.97. The number of para-hydroxylation sites is 1. The Kier molecular flexibility index (Phi) is 5.22. The van der Waals surface area contributed by atoms with Gasteiger partial charge in [0.25, 0.3) is 5.91 Å². The summed E-state index contributed by atoms with van der Waals surface area (Å²) in [7, 11) is 2.05. The standard InChI is InChI=1S/C20H25N3O2/c1-14-18-16(10-6-11-17(18)24)22-19(14)20(25)21-12-7-13-23(2)15-8-4-3-5-9-15/h3-5,8-9,22H,6-7,10-13H2,1-2H3,(H,21,25). The first-order valence-corrected chi connectivity index (χ1v) is 8.87. The van der Waals surface area contributed by atoms with Crippen LogP contribution >= 0.6 is 0 Å². The van der Waals surface area contributed by atoms with Crippen molar-refractivity contribution < 1.29 is 9.59 Å². The summed E-state index contributed by atoms with van der Waals surface area (Å²) >= 11 is 0. The van der Waals surface area contributed by atoms with E-state index < -0.39 is 0 Å². The van der Waals surface area contributed by atoms with Gasteiger partial charge in [0.15, 0.2) is 5.78 Å². The summed E-state index contributed by atoms with van der Waals surface area (Å²) in [6, 6.07) is 10.2. The summed E-state index contributed by atoms with van der Waals surface area (Å²) < 4.78 is 0. The molecule has 2 aromatic rings. The summed E-state index contributed by atoms with van der Waals surface area (Å²) in [5.74, 6) is 0.0283. The van der Waals surface area contributed by atoms with E-state index in [1.165, 1.54) is 5.69 Å². The van der Waals surface area contributed by atoms with Crippen LogP contribution in [0.25, 0.3) is 0 Å². The van der Waals surface area contributed by atoms with Crippen LogP contribution in [0.4, 0.5) is 5.69 Å². The number of aromatic amines is 1. The van der Waals surface area contributed by atoms with Crippen molar-refractivity contribution in [3.63, 3.8) is 0 Å². The normalized spacial score (nSPS) is 13.4. The van der Waals surface area contributed by atoms with Gasteiger partial charge in [0.05, 0.1) is 0 Å². The third-order valence-electron chi connectivity index (χ3n) is 4.82. The zero-order valence-electron chi connectivity index (χ0n) is 14.9. The van der Waals surface area contributed by atoms with E-state index in [0.29, 0.717) is 18.7 Å². The maximum absolute atomic E-state index is 12.4.